The third-order valence-electron chi connectivity index (χ3n) is 4.74. The van der Waals surface area contributed by atoms with Gasteiger partial charge in [-0.05, 0) is 63.6 Å². The maximum Gasteiger partial charge on any atom is 0.224 e. The minimum Gasteiger partial charge on any atom is -0.381 e. The summed E-state index contributed by atoms with van der Waals surface area (Å²) in [5, 5.41) is 9.73. The minimum absolute atomic E-state index is 0. The summed E-state index contributed by atoms with van der Waals surface area (Å²) in [5.41, 5.74) is 1.29. The summed E-state index contributed by atoms with van der Waals surface area (Å²) in [6.45, 7) is 3.97. The van der Waals surface area contributed by atoms with Gasteiger partial charge in [-0.3, -0.25) is 4.79 Å². The first-order valence-electron chi connectivity index (χ1n) is 8.61. The van der Waals surface area contributed by atoms with Crippen LogP contribution >= 0.6 is 24.8 Å². The molecule has 7 heteroatoms. The van der Waals surface area contributed by atoms with Crippen LogP contribution in [0.15, 0.2) is 18.2 Å². The lowest BCUT2D eigenvalue weighted by atomic mass is 9.89. The lowest BCUT2D eigenvalue weighted by Crippen LogP contribution is -2.39. The second kappa shape index (κ2) is 9.60. The van der Waals surface area contributed by atoms with Crippen LogP contribution < -0.4 is 16.0 Å². The molecular formula is C18H28Cl2FN3O. The Morgan fingerprint density at radius 3 is 2.44 bits per heavy atom. The first-order valence-corrected chi connectivity index (χ1v) is 8.61. The normalized spacial score (nSPS) is 24.2. The second-order valence-corrected chi connectivity index (χ2v) is 7.22. The van der Waals surface area contributed by atoms with E-state index in [1.807, 2.05) is 13.8 Å². The predicted molar refractivity (Wildman–Crippen MR) is 106 cm³/mol. The zero-order valence-corrected chi connectivity index (χ0v) is 16.3. The van der Waals surface area contributed by atoms with E-state index < -0.39 is 0 Å². The molecule has 2 fully saturated rings. The second-order valence-electron chi connectivity index (χ2n) is 7.22. The summed E-state index contributed by atoms with van der Waals surface area (Å²) in [5.74, 6) is 0.173. The molecule has 0 aromatic heterocycles. The van der Waals surface area contributed by atoms with Crippen molar-refractivity contribution < 1.29 is 9.18 Å². The molecule has 142 valence electrons. The third-order valence-corrected chi connectivity index (χ3v) is 4.74. The quantitative estimate of drug-likeness (QED) is 0.699. The van der Waals surface area contributed by atoms with Gasteiger partial charge in [-0.1, -0.05) is 0 Å². The fourth-order valence-corrected chi connectivity index (χ4v) is 3.86. The van der Waals surface area contributed by atoms with Crippen molar-refractivity contribution >= 4 is 42.1 Å². The number of fused-ring (bicyclic) bond motifs is 2. The Kier molecular flexibility index (Phi) is 8.45. The molecule has 25 heavy (non-hydrogen) atoms. The molecule has 2 bridgehead atoms. The van der Waals surface area contributed by atoms with Gasteiger partial charge < -0.3 is 16.0 Å². The molecule has 0 radical (unpaired) electrons. The molecule has 4 nitrogen and oxygen atoms in total. The van der Waals surface area contributed by atoms with Crippen molar-refractivity contribution in [3.8, 4) is 0 Å². The summed E-state index contributed by atoms with van der Waals surface area (Å²) in [7, 11) is 0. The van der Waals surface area contributed by atoms with Crippen molar-refractivity contribution in [3.05, 3.63) is 24.0 Å². The fraction of sp³-hybridized carbons (Fsp3) is 0.611. The van der Waals surface area contributed by atoms with E-state index in [1.54, 1.807) is 6.07 Å². The monoisotopic (exact) mass is 391 g/mol. The molecule has 1 aromatic carbocycles. The van der Waals surface area contributed by atoms with Crippen molar-refractivity contribution in [2.45, 2.75) is 64.1 Å². The highest BCUT2D eigenvalue weighted by Gasteiger charge is 2.34. The number of carbonyl (C=O) groups is 1. The number of hydrogen-bond acceptors (Lipinski definition) is 3. The SMILES string of the molecule is CC(C)Nc1cc(F)ccc1NC(=O)CC1CC2CCC(C1)N2.Cl.Cl. The van der Waals surface area contributed by atoms with Gasteiger partial charge in [0.25, 0.3) is 0 Å². The number of hydrogen-bond donors (Lipinski definition) is 3. The van der Waals surface area contributed by atoms with Gasteiger partial charge in [-0.2, -0.15) is 0 Å². The molecule has 0 spiro atoms. The largest absolute Gasteiger partial charge is 0.381 e. The molecule has 0 saturated carbocycles. The number of piperidine rings is 1. The zero-order chi connectivity index (χ0) is 16.4. The van der Waals surface area contributed by atoms with Crippen LogP contribution in [-0.2, 0) is 4.79 Å². The average Bonchev–Trinajstić information content (AvgIpc) is 2.80. The van der Waals surface area contributed by atoms with E-state index >= 15 is 0 Å². The summed E-state index contributed by atoms with van der Waals surface area (Å²) < 4.78 is 13.4. The Morgan fingerprint density at radius 2 is 1.84 bits per heavy atom. The predicted octanol–water partition coefficient (Wildman–Crippen LogP) is 4.35. The lowest BCUT2D eigenvalue weighted by Gasteiger charge is -2.28. The van der Waals surface area contributed by atoms with Gasteiger partial charge in [0.05, 0.1) is 11.4 Å². The third kappa shape index (κ3) is 6.01. The van der Waals surface area contributed by atoms with Crippen molar-refractivity contribution in [2.75, 3.05) is 10.6 Å². The highest BCUT2D eigenvalue weighted by atomic mass is 35.5. The lowest BCUT2D eigenvalue weighted by molar-refractivity contribution is -0.117. The van der Waals surface area contributed by atoms with E-state index in [1.165, 1.54) is 25.0 Å². The Hall–Kier alpha value is -1.04. The smallest absolute Gasteiger partial charge is 0.224 e. The van der Waals surface area contributed by atoms with Crippen molar-refractivity contribution in [1.82, 2.24) is 5.32 Å². The van der Waals surface area contributed by atoms with Crippen molar-refractivity contribution in [3.63, 3.8) is 0 Å². The van der Waals surface area contributed by atoms with E-state index in [0.717, 1.165) is 12.8 Å². The standard InChI is InChI=1S/C18H26FN3O.2ClH/c1-11(2)20-17-10-13(19)3-6-16(17)22-18(23)9-12-7-14-4-5-15(8-12)21-14;;/h3,6,10-12,14-15,20-21H,4-5,7-9H2,1-2H3,(H,22,23);2*1H. The Labute approximate surface area is 161 Å². The van der Waals surface area contributed by atoms with Crippen LogP contribution in [0.4, 0.5) is 15.8 Å². The first kappa shape index (κ1) is 22.0. The Morgan fingerprint density at radius 1 is 1.20 bits per heavy atom. The highest BCUT2D eigenvalue weighted by Crippen LogP contribution is 2.33. The molecule has 3 N–H and O–H groups in total. The van der Waals surface area contributed by atoms with Gasteiger partial charge in [0.1, 0.15) is 5.82 Å². The van der Waals surface area contributed by atoms with Crippen LogP contribution in [-0.4, -0.2) is 24.0 Å². The summed E-state index contributed by atoms with van der Waals surface area (Å²) in [4.78, 5) is 12.4. The first-order chi connectivity index (χ1) is 11.0. The number of amides is 1. The van der Waals surface area contributed by atoms with Gasteiger partial charge in [-0.15, -0.1) is 24.8 Å². The molecule has 1 amide bonds. The summed E-state index contributed by atoms with van der Waals surface area (Å²) >= 11 is 0. The number of rotatable bonds is 5. The molecule has 2 heterocycles. The number of anilines is 2. The van der Waals surface area contributed by atoms with Crippen molar-refractivity contribution in [1.29, 1.82) is 0 Å². The van der Waals surface area contributed by atoms with Crippen LogP contribution in [0, 0.1) is 11.7 Å². The Balaban J connectivity index is 0.00000156. The van der Waals surface area contributed by atoms with Gasteiger partial charge in [0, 0.05) is 24.5 Å². The van der Waals surface area contributed by atoms with Gasteiger partial charge in [0.15, 0.2) is 0 Å². The number of carbonyl (C=O) groups excluding carboxylic acids is 1. The summed E-state index contributed by atoms with van der Waals surface area (Å²) in [6, 6.07) is 5.80. The maximum absolute atomic E-state index is 13.4. The molecule has 2 unspecified atom stereocenters. The highest BCUT2D eigenvalue weighted by molar-refractivity contribution is 5.94. The van der Waals surface area contributed by atoms with Crippen LogP contribution in [0.25, 0.3) is 0 Å². The molecule has 2 atom stereocenters. The minimum atomic E-state index is -0.305. The van der Waals surface area contributed by atoms with E-state index in [-0.39, 0.29) is 42.6 Å². The molecular weight excluding hydrogens is 364 g/mol. The van der Waals surface area contributed by atoms with Crippen molar-refractivity contribution in [2.24, 2.45) is 5.92 Å². The zero-order valence-electron chi connectivity index (χ0n) is 14.7. The average molecular weight is 392 g/mol. The number of halogens is 3. The summed E-state index contributed by atoms with van der Waals surface area (Å²) in [6.07, 6.45) is 5.20. The fourth-order valence-electron chi connectivity index (χ4n) is 3.86. The molecule has 2 aliphatic rings. The van der Waals surface area contributed by atoms with Crippen LogP contribution in [0.5, 0.6) is 0 Å². The van der Waals surface area contributed by atoms with Crippen LogP contribution in [0.2, 0.25) is 0 Å². The Bertz CT molecular complexity index is 573. The molecule has 2 saturated heterocycles. The van der Waals surface area contributed by atoms with E-state index in [4.69, 9.17) is 0 Å². The van der Waals surface area contributed by atoms with Crippen LogP contribution in [0.3, 0.4) is 0 Å². The van der Waals surface area contributed by atoms with Gasteiger partial charge >= 0.3 is 0 Å². The molecule has 3 rings (SSSR count). The van der Waals surface area contributed by atoms with Gasteiger partial charge in [-0.25, -0.2) is 4.39 Å². The maximum atomic E-state index is 13.4. The van der Waals surface area contributed by atoms with E-state index in [0.29, 0.717) is 35.8 Å². The van der Waals surface area contributed by atoms with Gasteiger partial charge in [0.2, 0.25) is 5.91 Å². The number of nitrogens with one attached hydrogen (secondary N) is 3. The molecule has 1 aromatic rings. The molecule has 0 aliphatic carbocycles. The molecule has 2 aliphatic heterocycles. The van der Waals surface area contributed by atoms with Crippen LogP contribution in [0.1, 0.15) is 46.0 Å². The van der Waals surface area contributed by atoms with E-state index in [2.05, 4.69) is 16.0 Å². The topological polar surface area (TPSA) is 53.2 Å². The number of benzene rings is 1. The van der Waals surface area contributed by atoms with E-state index in [9.17, 15) is 9.18 Å².